The lowest BCUT2D eigenvalue weighted by Crippen LogP contribution is -2.42. The second kappa shape index (κ2) is 9.53. The van der Waals surface area contributed by atoms with Crippen molar-refractivity contribution in [2.24, 2.45) is 0 Å². The number of nitrogens with one attached hydrogen (secondary N) is 2. The summed E-state index contributed by atoms with van der Waals surface area (Å²) in [6.45, 7) is 9.17. The maximum absolute atomic E-state index is 11.8. The minimum absolute atomic E-state index is 0.251. The molecule has 1 amide bonds. The summed E-state index contributed by atoms with van der Waals surface area (Å²) in [5.74, 6) is 0. The van der Waals surface area contributed by atoms with Crippen LogP contribution >= 0.6 is 27.3 Å². The van der Waals surface area contributed by atoms with Crippen molar-refractivity contribution in [1.82, 2.24) is 10.6 Å². The standard InChI is InChI=1S/C16H27BrN2O2S/c1-5-6-7-12(10-19-15(20)21-16(2,3)4)18-11-14-13(17)8-9-22-14/h8-9,12,18H,5-7,10-11H2,1-4H3,(H,19,20). The van der Waals surface area contributed by atoms with Gasteiger partial charge in [-0.15, -0.1) is 11.3 Å². The van der Waals surface area contributed by atoms with Crippen LogP contribution in [0, 0.1) is 0 Å². The van der Waals surface area contributed by atoms with Crippen molar-refractivity contribution in [2.75, 3.05) is 6.54 Å². The van der Waals surface area contributed by atoms with Gasteiger partial charge in [-0.1, -0.05) is 19.8 Å². The van der Waals surface area contributed by atoms with E-state index in [4.69, 9.17) is 4.74 Å². The van der Waals surface area contributed by atoms with Gasteiger partial charge in [-0.05, 0) is 54.6 Å². The molecule has 1 rings (SSSR count). The van der Waals surface area contributed by atoms with E-state index >= 15 is 0 Å². The molecule has 0 radical (unpaired) electrons. The van der Waals surface area contributed by atoms with E-state index < -0.39 is 5.60 Å². The minimum Gasteiger partial charge on any atom is -0.444 e. The molecule has 0 fully saturated rings. The average molecular weight is 391 g/mol. The Hall–Kier alpha value is -0.590. The van der Waals surface area contributed by atoms with Gasteiger partial charge in [-0.25, -0.2) is 4.79 Å². The van der Waals surface area contributed by atoms with E-state index in [-0.39, 0.29) is 12.1 Å². The minimum atomic E-state index is -0.460. The molecule has 6 heteroatoms. The molecule has 0 aromatic carbocycles. The number of thiophene rings is 1. The highest BCUT2D eigenvalue weighted by molar-refractivity contribution is 9.10. The topological polar surface area (TPSA) is 50.4 Å². The number of hydrogen-bond donors (Lipinski definition) is 2. The molecule has 1 atom stereocenters. The van der Waals surface area contributed by atoms with Gasteiger partial charge in [0.1, 0.15) is 5.60 Å². The fraction of sp³-hybridized carbons (Fsp3) is 0.688. The zero-order chi connectivity index (χ0) is 16.6. The molecule has 22 heavy (non-hydrogen) atoms. The summed E-state index contributed by atoms with van der Waals surface area (Å²) in [5, 5.41) is 8.46. The van der Waals surface area contributed by atoms with E-state index in [1.54, 1.807) is 11.3 Å². The van der Waals surface area contributed by atoms with Crippen molar-refractivity contribution in [3.05, 3.63) is 20.8 Å². The molecule has 1 aromatic rings. The lowest BCUT2D eigenvalue weighted by Gasteiger charge is -2.22. The van der Waals surface area contributed by atoms with Crippen LogP contribution in [0.4, 0.5) is 4.79 Å². The van der Waals surface area contributed by atoms with Crippen molar-refractivity contribution >= 4 is 33.4 Å². The van der Waals surface area contributed by atoms with Crippen LogP contribution in [0.15, 0.2) is 15.9 Å². The zero-order valence-electron chi connectivity index (χ0n) is 13.9. The number of ether oxygens (including phenoxy) is 1. The number of alkyl carbamates (subject to hydrolysis) is 1. The van der Waals surface area contributed by atoms with Crippen LogP contribution in [0.25, 0.3) is 0 Å². The summed E-state index contributed by atoms with van der Waals surface area (Å²) in [5.41, 5.74) is -0.460. The zero-order valence-corrected chi connectivity index (χ0v) is 16.3. The summed E-state index contributed by atoms with van der Waals surface area (Å²) in [6, 6.07) is 2.31. The van der Waals surface area contributed by atoms with Crippen LogP contribution in [0.3, 0.4) is 0 Å². The first kappa shape index (κ1) is 19.5. The number of amides is 1. The lowest BCUT2D eigenvalue weighted by atomic mass is 10.1. The molecule has 1 unspecified atom stereocenters. The van der Waals surface area contributed by atoms with Crippen LogP contribution in [0.1, 0.15) is 51.8 Å². The van der Waals surface area contributed by atoms with Gasteiger partial charge in [0.25, 0.3) is 0 Å². The number of hydrogen-bond acceptors (Lipinski definition) is 4. The first-order chi connectivity index (χ1) is 10.3. The molecule has 0 aliphatic rings. The van der Waals surface area contributed by atoms with E-state index in [9.17, 15) is 4.79 Å². The largest absolute Gasteiger partial charge is 0.444 e. The maximum atomic E-state index is 11.8. The number of halogens is 1. The number of carbonyl (C=O) groups is 1. The van der Waals surface area contributed by atoms with Gasteiger partial charge < -0.3 is 15.4 Å². The molecule has 2 N–H and O–H groups in total. The molecule has 0 bridgehead atoms. The van der Waals surface area contributed by atoms with Gasteiger partial charge in [-0.3, -0.25) is 0 Å². The first-order valence-electron chi connectivity index (χ1n) is 7.74. The molecular formula is C16H27BrN2O2S. The Labute approximate surface area is 146 Å². The van der Waals surface area contributed by atoms with Crippen molar-refractivity contribution in [1.29, 1.82) is 0 Å². The fourth-order valence-corrected chi connectivity index (χ4v) is 3.38. The normalized spacial score (nSPS) is 13.0. The third-order valence-corrected chi connectivity index (χ3v) is 4.97. The van der Waals surface area contributed by atoms with Crippen molar-refractivity contribution in [3.8, 4) is 0 Å². The van der Waals surface area contributed by atoms with E-state index in [1.165, 1.54) is 4.88 Å². The smallest absolute Gasteiger partial charge is 0.407 e. The highest BCUT2D eigenvalue weighted by Gasteiger charge is 2.17. The third kappa shape index (κ3) is 8.15. The van der Waals surface area contributed by atoms with E-state index in [0.29, 0.717) is 6.54 Å². The van der Waals surface area contributed by atoms with Gasteiger partial charge in [0.15, 0.2) is 0 Å². The Morgan fingerprint density at radius 1 is 1.45 bits per heavy atom. The third-order valence-electron chi connectivity index (χ3n) is 3.04. The Morgan fingerprint density at radius 3 is 2.73 bits per heavy atom. The van der Waals surface area contributed by atoms with Crippen LogP contribution < -0.4 is 10.6 Å². The molecule has 0 aliphatic carbocycles. The highest BCUT2D eigenvalue weighted by atomic mass is 79.9. The molecule has 0 saturated heterocycles. The Balaban J connectivity index is 2.43. The quantitative estimate of drug-likeness (QED) is 0.676. The van der Waals surface area contributed by atoms with Crippen molar-refractivity contribution in [3.63, 3.8) is 0 Å². The van der Waals surface area contributed by atoms with Gasteiger partial charge >= 0.3 is 6.09 Å². The summed E-state index contributed by atoms with van der Waals surface area (Å²) in [6.07, 6.45) is 2.97. The second-order valence-electron chi connectivity index (χ2n) is 6.29. The molecule has 0 aliphatic heterocycles. The second-order valence-corrected chi connectivity index (χ2v) is 8.15. The summed E-state index contributed by atoms with van der Waals surface area (Å²) >= 11 is 5.27. The maximum Gasteiger partial charge on any atom is 0.407 e. The van der Waals surface area contributed by atoms with E-state index in [2.05, 4.69) is 44.9 Å². The Bertz CT molecular complexity index is 457. The molecule has 4 nitrogen and oxygen atoms in total. The van der Waals surface area contributed by atoms with Gasteiger partial charge in [0.05, 0.1) is 0 Å². The summed E-state index contributed by atoms with van der Waals surface area (Å²) in [7, 11) is 0. The van der Waals surface area contributed by atoms with Crippen LogP contribution in [-0.2, 0) is 11.3 Å². The van der Waals surface area contributed by atoms with Crippen molar-refractivity contribution < 1.29 is 9.53 Å². The number of carbonyl (C=O) groups excluding carboxylic acids is 1. The number of unbranched alkanes of at least 4 members (excludes halogenated alkanes) is 1. The highest BCUT2D eigenvalue weighted by Crippen LogP contribution is 2.22. The van der Waals surface area contributed by atoms with E-state index in [0.717, 1.165) is 30.3 Å². The molecular weight excluding hydrogens is 364 g/mol. The van der Waals surface area contributed by atoms with Crippen LogP contribution in [-0.4, -0.2) is 24.3 Å². The summed E-state index contributed by atoms with van der Waals surface area (Å²) in [4.78, 5) is 13.0. The Morgan fingerprint density at radius 2 is 2.18 bits per heavy atom. The lowest BCUT2D eigenvalue weighted by molar-refractivity contribution is 0.0521. The van der Waals surface area contributed by atoms with E-state index in [1.807, 2.05) is 20.8 Å². The monoisotopic (exact) mass is 390 g/mol. The van der Waals surface area contributed by atoms with Crippen LogP contribution in [0.5, 0.6) is 0 Å². The molecule has 126 valence electrons. The fourth-order valence-electron chi connectivity index (χ4n) is 1.94. The predicted octanol–water partition coefficient (Wildman–Crippen LogP) is 4.68. The summed E-state index contributed by atoms with van der Waals surface area (Å²) < 4.78 is 6.42. The van der Waals surface area contributed by atoms with Gasteiger partial charge in [0.2, 0.25) is 0 Å². The predicted molar refractivity (Wildman–Crippen MR) is 96.4 cm³/mol. The Kier molecular flexibility index (Phi) is 8.43. The molecule has 1 heterocycles. The first-order valence-corrected chi connectivity index (χ1v) is 9.41. The number of rotatable bonds is 8. The molecule has 0 spiro atoms. The average Bonchev–Trinajstić information content (AvgIpc) is 2.81. The molecule has 0 saturated carbocycles. The molecule has 1 aromatic heterocycles. The SMILES string of the molecule is CCCCC(CNC(=O)OC(C)(C)C)NCc1sccc1Br. The van der Waals surface area contributed by atoms with Gasteiger partial charge in [0, 0.05) is 28.5 Å². The van der Waals surface area contributed by atoms with Crippen molar-refractivity contribution in [2.45, 2.75) is 65.1 Å². The van der Waals surface area contributed by atoms with Crippen LogP contribution in [0.2, 0.25) is 0 Å². The van der Waals surface area contributed by atoms with Gasteiger partial charge in [-0.2, -0.15) is 0 Å².